The van der Waals surface area contributed by atoms with Gasteiger partial charge in [0, 0.05) is 5.54 Å². The maximum atomic E-state index is 12.7. The van der Waals surface area contributed by atoms with E-state index in [0.29, 0.717) is 11.6 Å². The normalized spacial score (nSPS) is 41.4. The van der Waals surface area contributed by atoms with E-state index in [4.69, 9.17) is 4.42 Å². The van der Waals surface area contributed by atoms with Gasteiger partial charge < -0.3 is 15.1 Å². The summed E-state index contributed by atoms with van der Waals surface area (Å²) in [5.74, 6) is 3.12. The molecule has 1 aromatic heterocycles. The summed E-state index contributed by atoms with van der Waals surface area (Å²) in [6, 6.07) is 0.177. The Bertz CT molecular complexity index is 582. The number of aromatic nitrogens is 1. The van der Waals surface area contributed by atoms with Crippen molar-refractivity contribution in [3.8, 4) is 0 Å². The molecule has 1 atom stereocenters. The second-order valence-electron chi connectivity index (χ2n) is 8.37. The Morgan fingerprint density at radius 1 is 1.22 bits per heavy atom. The minimum Gasteiger partial charge on any atom is -0.446 e. The third-order valence-electron chi connectivity index (χ3n) is 6.53. The summed E-state index contributed by atoms with van der Waals surface area (Å²) in [7, 11) is 0. The van der Waals surface area contributed by atoms with Gasteiger partial charge in [0.15, 0.2) is 5.69 Å². The van der Waals surface area contributed by atoms with Crippen molar-refractivity contribution in [1.82, 2.24) is 15.6 Å². The Morgan fingerprint density at radius 2 is 1.91 bits per heavy atom. The zero-order valence-electron chi connectivity index (χ0n) is 13.5. The van der Waals surface area contributed by atoms with E-state index in [-0.39, 0.29) is 17.5 Å². The van der Waals surface area contributed by atoms with Crippen molar-refractivity contribution in [2.75, 3.05) is 6.54 Å². The summed E-state index contributed by atoms with van der Waals surface area (Å²) in [6.07, 6.45) is 11.4. The van der Waals surface area contributed by atoms with Crippen LogP contribution < -0.4 is 10.6 Å². The van der Waals surface area contributed by atoms with Crippen LogP contribution in [0.4, 0.5) is 0 Å². The third-order valence-corrected chi connectivity index (χ3v) is 6.53. The first kappa shape index (κ1) is 14.0. The van der Waals surface area contributed by atoms with Crippen molar-refractivity contribution < 1.29 is 9.21 Å². The van der Waals surface area contributed by atoms with Gasteiger partial charge in [-0.3, -0.25) is 4.79 Å². The van der Waals surface area contributed by atoms with Gasteiger partial charge in [0.1, 0.15) is 6.26 Å². The number of nitrogens with one attached hydrogen (secondary N) is 2. The summed E-state index contributed by atoms with van der Waals surface area (Å²) in [6.45, 7) is 1.00. The van der Waals surface area contributed by atoms with Crippen molar-refractivity contribution in [2.45, 2.75) is 62.9 Å². The first-order valence-electron chi connectivity index (χ1n) is 9.20. The molecule has 5 heteroatoms. The molecule has 5 fully saturated rings. The van der Waals surface area contributed by atoms with Crippen molar-refractivity contribution in [1.29, 1.82) is 0 Å². The largest absolute Gasteiger partial charge is 0.446 e. The molecule has 23 heavy (non-hydrogen) atoms. The van der Waals surface area contributed by atoms with Crippen LogP contribution in [0.1, 0.15) is 73.8 Å². The average Bonchev–Trinajstić information content (AvgIpc) is 3.17. The van der Waals surface area contributed by atoms with Crippen molar-refractivity contribution in [3.05, 3.63) is 17.8 Å². The number of carbonyl (C=O) groups is 1. The quantitative estimate of drug-likeness (QED) is 0.900. The van der Waals surface area contributed by atoms with E-state index in [0.717, 1.165) is 37.1 Å². The maximum Gasteiger partial charge on any atom is 0.273 e. The van der Waals surface area contributed by atoms with Crippen molar-refractivity contribution >= 4 is 5.91 Å². The van der Waals surface area contributed by atoms with Gasteiger partial charge in [-0.15, -0.1) is 0 Å². The van der Waals surface area contributed by atoms with Gasteiger partial charge in [-0.2, -0.15) is 0 Å². The first-order valence-corrected chi connectivity index (χ1v) is 9.20. The SMILES string of the molecule is O=C(NC12CC3CC(CC(C3)C1)C2)c1coc(C2CCCN2)n1. The highest BCUT2D eigenvalue weighted by molar-refractivity contribution is 5.92. The first-order chi connectivity index (χ1) is 11.2. The lowest BCUT2D eigenvalue weighted by atomic mass is 9.53. The Labute approximate surface area is 136 Å². The summed E-state index contributed by atoms with van der Waals surface area (Å²) in [4.78, 5) is 17.2. The molecular weight excluding hydrogens is 290 g/mol. The lowest BCUT2D eigenvalue weighted by Gasteiger charge is -2.56. The van der Waals surface area contributed by atoms with Crippen LogP contribution in [0.2, 0.25) is 0 Å². The van der Waals surface area contributed by atoms with Crippen LogP contribution in [0.5, 0.6) is 0 Å². The number of hydrogen-bond acceptors (Lipinski definition) is 4. The molecule has 6 rings (SSSR count). The zero-order chi connectivity index (χ0) is 15.4. The van der Waals surface area contributed by atoms with Crippen LogP contribution >= 0.6 is 0 Å². The fourth-order valence-electron chi connectivity index (χ4n) is 6.02. The van der Waals surface area contributed by atoms with E-state index in [1.807, 2.05) is 0 Å². The molecule has 4 saturated carbocycles. The van der Waals surface area contributed by atoms with Gasteiger partial charge in [0.05, 0.1) is 6.04 Å². The van der Waals surface area contributed by atoms with Crippen LogP contribution in [0.3, 0.4) is 0 Å². The van der Waals surface area contributed by atoms with E-state index in [1.165, 1.54) is 44.8 Å². The van der Waals surface area contributed by atoms with E-state index >= 15 is 0 Å². The monoisotopic (exact) mass is 315 g/mol. The highest BCUT2D eigenvalue weighted by atomic mass is 16.3. The lowest BCUT2D eigenvalue weighted by molar-refractivity contribution is -0.0167. The second kappa shape index (κ2) is 5.07. The minimum atomic E-state index is -0.0417. The van der Waals surface area contributed by atoms with E-state index in [2.05, 4.69) is 15.6 Å². The van der Waals surface area contributed by atoms with Crippen LogP contribution in [0.25, 0.3) is 0 Å². The predicted molar refractivity (Wildman–Crippen MR) is 84.8 cm³/mol. The van der Waals surface area contributed by atoms with E-state index < -0.39 is 0 Å². The number of nitrogens with zero attached hydrogens (tertiary/aromatic N) is 1. The fourth-order valence-corrected chi connectivity index (χ4v) is 6.02. The zero-order valence-corrected chi connectivity index (χ0v) is 13.5. The number of oxazole rings is 1. The molecule has 4 bridgehead atoms. The van der Waals surface area contributed by atoms with E-state index in [1.54, 1.807) is 0 Å². The molecule has 0 radical (unpaired) electrons. The van der Waals surface area contributed by atoms with Gasteiger partial charge in [-0.1, -0.05) is 0 Å². The second-order valence-corrected chi connectivity index (χ2v) is 8.37. The van der Waals surface area contributed by atoms with Crippen molar-refractivity contribution in [3.63, 3.8) is 0 Å². The summed E-state index contributed by atoms with van der Waals surface area (Å²) < 4.78 is 5.56. The summed E-state index contributed by atoms with van der Waals surface area (Å²) in [5, 5.41) is 6.73. The highest BCUT2D eigenvalue weighted by Gasteiger charge is 2.51. The maximum absolute atomic E-state index is 12.7. The predicted octanol–water partition coefficient (Wildman–Crippen LogP) is 2.80. The molecule has 1 amide bonds. The molecule has 0 spiro atoms. The Kier molecular flexibility index (Phi) is 3.09. The van der Waals surface area contributed by atoms with Gasteiger partial charge in [0.25, 0.3) is 5.91 Å². The molecule has 1 saturated heterocycles. The van der Waals surface area contributed by atoms with Crippen molar-refractivity contribution in [2.24, 2.45) is 17.8 Å². The molecule has 2 N–H and O–H groups in total. The Balaban J connectivity index is 1.31. The number of rotatable bonds is 3. The molecule has 2 heterocycles. The average molecular weight is 315 g/mol. The van der Waals surface area contributed by atoms with Gasteiger partial charge in [-0.25, -0.2) is 4.98 Å². The Morgan fingerprint density at radius 3 is 2.52 bits per heavy atom. The van der Waals surface area contributed by atoms with Crippen LogP contribution in [0.15, 0.2) is 10.7 Å². The molecule has 4 aliphatic carbocycles. The molecule has 1 unspecified atom stereocenters. The number of hydrogen-bond donors (Lipinski definition) is 2. The lowest BCUT2D eigenvalue weighted by Crippen LogP contribution is -2.59. The Hall–Kier alpha value is -1.36. The molecule has 1 aromatic rings. The molecule has 1 aliphatic heterocycles. The third kappa shape index (κ3) is 2.40. The topological polar surface area (TPSA) is 67.2 Å². The smallest absolute Gasteiger partial charge is 0.273 e. The van der Waals surface area contributed by atoms with E-state index in [9.17, 15) is 4.79 Å². The molecule has 5 nitrogen and oxygen atoms in total. The molecule has 124 valence electrons. The molecular formula is C18H25N3O2. The van der Waals surface area contributed by atoms with Crippen LogP contribution in [0, 0.1) is 17.8 Å². The van der Waals surface area contributed by atoms with Gasteiger partial charge >= 0.3 is 0 Å². The summed E-state index contributed by atoms with van der Waals surface area (Å²) in [5.41, 5.74) is 0.487. The van der Waals surface area contributed by atoms with Gasteiger partial charge in [0.2, 0.25) is 5.89 Å². The standard InChI is InChI=1S/C18H25N3O2/c22-16(15-10-23-17(20-15)14-2-1-3-19-14)21-18-7-11-4-12(8-18)6-13(5-11)9-18/h10-14,19H,1-9H2,(H,21,22). The minimum absolute atomic E-state index is 0.0382. The molecule has 5 aliphatic rings. The van der Waals surface area contributed by atoms with Crippen LogP contribution in [-0.2, 0) is 0 Å². The number of amides is 1. The van der Waals surface area contributed by atoms with Gasteiger partial charge in [-0.05, 0) is 75.7 Å². The summed E-state index contributed by atoms with van der Waals surface area (Å²) >= 11 is 0. The fraction of sp³-hybridized carbons (Fsp3) is 0.778. The number of carbonyl (C=O) groups excluding carboxylic acids is 1. The molecule has 0 aromatic carbocycles. The highest BCUT2D eigenvalue weighted by Crippen LogP contribution is 2.55. The van der Waals surface area contributed by atoms with Crippen LogP contribution in [-0.4, -0.2) is 23.0 Å².